The van der Waals surface area contributed by atoms with Crippen molar-refractivity contribution in [2.75, 3.05) is 12.0 Å². The summed E-state index contributed by atoms with van der Waals surface area (Å²) in [6.07, 6.45) is -0.616. The van der Waals surface area contributed by atoms with Gasteiger partial charge < -0.3 is 0 Å². The molecule has 2 aromatic rings. The number of nitrogens with zero attached hydrogens (tertiary/aromatic N) is 5. The molecular weight excluding hydrogens is 327 g/mol. The van der Waals surface area contributed by atoms with Crippen LogP contribution in [0.5, 0.6) is 0 Å². The van der Waals surface area contributed by atoms with Crippen molar-refractivity contribution < 1.29 is 13.2 Å². The predicted molar refractivity (Wildman–Crippen MR) is 75.4 cm³/mol. The third-order valence-corrected chi connectivity index (χ3v) is 3.57. The highest BCUT2D eigenvalue weighted by Crippen LogP contribution is 2.28. The molecule has 0 bridgehead atoms. The number of thioether (sulfide) groups is 1. The summed E-state index contributed by atoms with van der Waals surface area (Å²) >= 11 is 7.56. The Balaban J connectivity index is 2.44. The molecule has 0 fully saturated rings. The molecule has 0 aliphatic heterocycles. The first-order valence-electron chi connectivity index (χ1n) is 5.99. The lowest BCUT2D eigenvalue weighted by Crippen LogP contribution is -2.20. The van der Waals surface area contributed by atoms with Gasteiger partial charge in [0.15, 0.2) is 11.6 Å². The largest absolute Gasteiger partial charge is 0.408 e. The summed E-state index contributed by atoms with van der Waals surface area (Å²) in [5.74, 6) is 1.17. The molecule has 0 aromatic carbocycles. The smallest absolute Gasteiger partial charge is 0.263 e. The average Bonchev–Trinajstić information content (AvgIpc) is 2.89. The molecule has 0 radical (unpaired) electrons. The molecule has 116 valence electrons. The highest BCUT2D eigenvalue weighted by atomic mass is 35.5. The molecule has 0 saturated carbocycles. The van der Waals surface area contributed by atoms with Crippen LogP contribution in [0.3, 0.4) is 0 Å². The normalized spacial score (nSPS) is 12.1. The lowest BCUT2D eigenvalue weighted by atomic mass is 10.4. The molecule has 0 aliphatic rings. The van der Waals surface area contributed by atoms with E-state index in [0.717, 1.165) is 10.4 Å². The van der Waals surface area contributed by atoms with Gasteiger partial charge in [0.1, 0.15) is 12.2 Å². The lowest BCUT2D eigenvalue weighted by molar-refractivity contribution is -0.142. The summed E-state index contributed by atoms with van der Waals surface area (Å²) in [4.78, 5) is 4.19. The summed E-state index contributed by atoms with van der Waals surface area (Å²) < 4.78 is 40.3. The second-order valence-electron chi connectivity index (χ2n) is 4.33. The van der Waals surface area contributed by atoms with Crippen molar-refractivity contribution in [3.63, 3.8) is 0 Å². The monoisotopic (exact) mass is 339 g/mol. The summed E-state index contributed by atoms with van der Waals surface area (Å²) in [6, 6.07) is 0. The van der Waals surface area contributed by atoms with Gasteiger partial charge in [-0.2, -0.15) is 35.1 Å². The molecule has 5 nitrogen and oxygen atoms in total. The zero-order chi connectivity index (χ0) is 15.6. The Hall–Kier alpha value is -1.22. The molecular formula is C11H13ClF3N5S. The Morgan fingerprint density at radius 1 is 1.38 bits per heavy atom. The third-order valence-electron chi connectivity index (χ3n) is 2.68. The Morgan fingerprint density at radius 3 is 2.62 bits per heavy atom. The molecule has 0 atom stereocenters. The topological polar surface area (TPSA) is 48.5 Å². The number of rotatable bonds is 5. The van der Waals surface area contributed by atoms with Gasteiger partial charge in [-0.1, -0.05) is 11.6 Å². The van der Waals surface area contributed by atoms with Gasteiger partial charge in [0, 0.05) is 19.2 Å². The van der Waals surface area contributed by atoms with E-state index in [0.29, 0.717) is 17.9 Å². The first kappa shape index (κ1) is 16.2. The maximum Gasteiger partial charge on any atom is 0.408 e. The number of hydrogen-bond acceptors (Lipinski definition) is 4. The van der Waals surface area contributed by atoms with E-state index in [1.807, 2.05) is 6.26 Å². The first-order chi connectivity index (χ1) is 9.81. The molecule has 0 aliphatic carbocycles. The predicted octanol–water partition coefficient (Wildman–Crippen LogP) is 2.80. The van der Waals surface area contributed by atoms with Crippen molar-refractivity contribution in [1.29, 1.82) is 0 Å². The van der Waals surface area contributed by atoms with Crippen LogP contribution in [-0.4, -0.2) is 42.7 Å². The Kier molecular flexibility index (Phi) is 4.82. The van der Waals surface area contributed by atoms with Crippen molar-refractivity contribution in [3.8, 4) is 11.5 Å². The maximum atomic E-state index is 12.7. The Bertz CT molecular complexity index is 602. The van der Waals surface area contributed by atoms with Crippen molar-refractivity contribution >= 4 is 23.4 Å². The first-order valence-corrected chi connectivity index (χ1v) is 7.76. The summed E-state index contributed by atoms with van der Waals surface area (Å²) in [5, 5.41) is 8.10. The lowest BCUT2D eigenvalue weighted by Gasteiger charge is -2.09. The number of hydrogen-bond donors (Lipinski definition) is 0. The minimum Gasteiger partial charge on any atom is -0.263 e. The van der Waals surface area contributed by atoms with Crippen LogP contribution in [0.15, 0.2) is 6.20 Å². The fourth-order valence-electron chi connectivity index (χ4n) is 1.81. The molecule has 0 N–H and O–H groups in total. The van der Waals surface area contributed by atoms with Gasteiger partial charge in [0.2, 0.25) is 0 Å². The van der Waals surface area contributed by atoms with Crippen LogP contribution in [0.1, 0.15) is 5.82 Å². The van der Waals surface area contributed by atoms with E-state index in [9.17, 15) is 13.2 Å². The summed E-state index contributed by atoms with van der Waals surface area (Å²) in [5.41, 5.74) is 0.323. The summed E-state index contributed by atoms with van der Waals surface area (Å²) in [6.45, 7) is -1.21. The van der Waals surface area contributed by atoms with Gasteiger partial charge in [0.25, 0.3) is 0 Å². The zero-order valence-electron chi connectivity index (χ0n) is 11.4. The quantitative estimate of drug-likeness (QED) is 0.840. The van der Waals surface area contributed by atoms with Crippen LogP contribution in [0.4, 0.5) is 13.2 Å². The maximum absolute atomic E-state index is 12.7. The van der Waals surface area contributed by atoms with Gasteiger partial charge in [-0.25, -0.2) is 9.67 Å². The van der Waals surface area contributed by atoms with Gasteiger partial charge in [-0.05, 0) is 6.26 Å². The van der Waals surface area contributed by atoms with Gasteiger partial charge in [0.05, 0.1) is 11.2 Å². The third kappa shape index (κ3) is 3.91. The Morgan fingerprint density at radius 2 is 2.10 bits per heavy atom. The molecule has 2 heterocycles. The van der Waals surface area contributed by atoms with Gasteiger partial charge in [-0.15, -0.1) is 0 Å². The highest BCUT2D eigenvalue weighted by molar-refractivity contribution is 7.98. The molecule has 21 heavy (non-hydrogen) atoms. The van der Waals surface area contributed by atoms with Crippen molar-refractivity contribution in [2.24, 2.45) is 7.05 Å². The van der Waals surface area contributed by atoms with Crippen molar-refractivity contribution in [2.45, 2.75) is 19.1 Å². The van der Waals surface area contributed by atoms with Gasteiger partial charge in [-0.3, -0.25) is 4.68 Å². The van der Waals surface area contributed by atoms with E-state index < -0.39 is 12.7 Å². The fraction of sp³-hybridized carbons (Fsp3) is 0.545. The van der Waals surface area contributed by atoms with E-state index in [1.54, 1.807) is 18.8 Å². The van der Waals surface area contributed by atoms with Crippen LogP contribution in [0, 0.1) is 0 Å². The van der Waals surface area contributed by atoms with Crippen molar-refractivity contribution in [3.05, 3.63) is 17.0 Å². The number of aromatic nitrogens is 5. The Labute approximate surface area is 128 Å². The fourth-order valence-corrected chi connectivity index (χ4v) is 2.44. The average molecular weight is 340 g/mol. The van der Waals surface area contributed by atoms with Crippen LogP contribution >= 0.6 is 23.4 Å². The molecule has 0 unspecified atom stereocenters. The second-order valence-corrected chi connectivity index (χ2v) is 5.72. The van der Waals surface area contributed by atoms with Crippen LogP contribution in [-0.2, 0) is 20.0 Å². The van der Waals surface area contributed by atoms with E-state index in [2.05, 4.69) is 15.2 Å². The molecule has 0 saturated heterocycles. The van der Waals surface area contributed by atoms with Crippen LogP contribution in [0.2, 0.25) is 5.02 Å². The zero-order valence-corrected chi connectivity index (χ0v) is 12.9. The van der Waals surface area contributed by atoms with Crippen LogP contribution in [0.25, 0.3) is 11.5 Å². The molecule has 2 rings (SSSR count). The SMILES string of the molecule is CSCCc1nc(-c2c(Cl)cnn2C)n(CC(F)(F)F)n1. The number of alkyl halides is 3. The second kappa shape index (κ2) is 6.27. The van der Waals surface area contributed by atoms with Crippen LogP contribution < -0.4 is 0 Å². The van der Waals surface area contributed by atoms with Crippen molar-refractivity contribution in [1.82, 2.24) is 24.5 Å². The number of halogens is 4. The molecule has 0 amide bonds. The van der Waals surface area contributed by atoms with E-state index >= 15 is 0 Å². The number of aryl methyl sites for hydroxylation is 2. The minimum absolute atomic E-state index is 0.0772. The molecule has 10 heteroatoms. The standard InChI is InChI=1S/C11H13ClF3N5S/c1-19-9(7(12)5-16-19)10-17-8(3-4-21-2)18-20(10)6-11(13,14)15/h5H,3-4,6H2,1-2H3. The van der Waals surface area contributed by atoms with E-state index in [4.69, 9.17) is 11.6 Å². The van der Waals surface area contributed by atoms with E-state index in [-0.39, 0.29) is 10.8 Å². The summed E-state index contributed by atoms with van der Waals surface area (Å²) in [7, 11) is 1.59. The molecule has 0 spiro atoms. The minimum atomic E-state index is -4.38. The molecule has 2 aromatic heterocycles. The van der Waals surface area contributed by atoms with E-state index in [1.165, 1.54) is 10.9 Å². The highest BCUT2D eigenvalue weighted by Gasteiger charge is 2.31. The van der Waals surface area contributed by atoms with Gasteiger partial charge >= 0.3 is 6.18 Å².